The van der Waals surface area contributed by atoms with E-state index >= 15 is 0 Å². The van der Waals surface area contributed by atoms with E-state index in [1.165, 1.54) is 22.4 Å². The molecule has 1 fully saturated rings. The maximum atomic E-state index is 12.5. The number of aromatic nitrogens is 1. The van der Waals surface area contributed by atoms with Crippen LogP contribution in [-0.2, 0) is 0 Å². The van der Waals surface area contributed by atoms with Gasteiger partial charge in [-0.25, -0.2) is 9.78 Å². The molecule has 174 valence electrons. The normalized spacial score (nSPS) is 15.8. The first-order valence-corrected chi connectivity index (χ1v) is 12.3. The largest absolute Gasteiger partial charge is 0.370 e. The van der Waals surface area contributed by atoms with Crippen LogP contribution in [0.2, 0.25) is 0 Å². The van der Waals surface area contributed by atoms with Crippen LogP contribution in [0, 0.1) is 6.92 Å². The zero-order chi connectivity index (χ0) is 23.7. The molecule has 4 aromatic rings. The second-order valence-corrected chi connectivity index (χ2v) is 10.1. The number of amides is 2. The second-order valence-electron chi connectivity index (χ2n) is 9.05. The first-order chi connectivity index (χ1) is 16.4. The lowest BCUT2D eigenvalue weighted by Gasteiger charge is -2.22. The van der Waals surface area contributed by atoms with Crippen LogP contribution < -0.4 is 15.5 Å². The molecule has 1 atom stereocenters. The van der Waals surface area contributed by atoms with Gasteiger partial charge in [0.15, 0.2) is 0 Å². The standard InChI is InChI=1S/C27H29N5OS/c1-18-4-13-24-25(16-18)34-26(30-24)19-5-7-20(8-6-19)28-27(33)29-21-9-11-22(12-10-21)32-15-14-23(17-32)31(2)3/h4-13,16,23H,14-15,17H2,1-3H3,(H2,28,29,33). The molecule has 6 nitrogen and oxygen atoms in total. The first kappa shape index (κ1) is 22.4. The fourth-order valence-corrected chi connectivity index (χ4v) is 5.37. The van der Waals surface area contributed by atoms with Gasteiger partial charge in [-0.2, -0.15) is 0 Å². The molecular formula is C27H29N5OS. The number of rotatable bonds is 5. The highest BCUT2D eigenvalue weighted by Crippen LogP contribution is 2.31. The first-order valence-electron chi connectivity index (χ1n) is 11.5. The highest BCUT2D eigenvalue weighted by molar-refractivity contribution is 7.21. The molecule has 0 saturated carbocycles. The monoisotopic (exact) mass is 471 g/mol. The fraction of sp³-hybridized carbons (Fsp3) is 0.259. The molecule has 2 heterocycles. The zero-order valence-corrected chi connectivity index (χ0v) is 20.5. The molecular weight excluding hydrogens is 442 g/mol. The van der Waals surface area contributed by atoms with Crippen molar-refractivity contribution >= 4 is 44.6 Å². The van der Waals surface area contributed by atoms with Gasteiger partial charge in [0.05, 0.1) is 10.2 Å². The molecule has 7 heteroatoms. The molecule has 0 radical (unpaired) electrons. The van der Waals surface area contributed by atoms with Crippen molar-refractivity contribution in [2.75, 3.05) is 42.7 Å². The Morgan fingerprint density at radius 3 is 2.32 bits per heavy atom. The lowest BCUT2D eigenvalue weighted by atomic mass is 10.2. The molecule has 2 N–H and O–H groups in total. The average Bonchev–Trinajstić information content (AvgIpc) is 3.47. The van der Waals surface area contributed by atoms with Crippen LogP contribution in [0.4, 0.5) is 21.9 Å². The number of urea groups is 1. The molecule has 1 unspecified atom stereocenters. The van der Waals surface area contributed by atoms with Crippen LogP contribution in [0.3, 0.4) is 0 Å². The highest BCUT2D eigenvalue weighted by atomic mass is 32.1. The number of carbonyl (C=O) groups excluding carboxylic acids is 1. The van der Waals surface area contributed by atoms with Gasteiger partial charge in [-0.15, -0.1) is 11.3 Å². The van der Waals surface area contributed by atoms with E-state index in [4.69, 9.17) is 4.98 Å². The lowest BCUT2D eigenvalue weighted by molar-refractivity contribution is 0.262. The molecule has 0 bridgehead atoms. The van der Waals surface area contributed by atoms with E-state index in [-0.39, 0.29) is 6.03 Å². The molecule has 1 saturated heterocycles. The van der Waals surface area contributed by atoms with Crippen molar-refractivity contribution in [2.24, 2.45) is 0 Å². The molecule has 0 spiro atoms. The number of anilines is 3. The van der Waals surface area contributed by atoms with Crippen molar-refractivity contribution in [1.29, 1.82) is 0 Å². The van der Waals surface area contributed by atoms with Crippen LogP contribution in [0.1, 0.15) is 12.0 Å². The van der Waals surface area contributed by atoms with Crippen LogP contribution in [-0.4, -0.2) is 49.1 Å². The van der Waals surface area contributed by atoms with Crippen LogP contribution in [0.25, 0.3) is 20.8 Å². The number of carbonyl (C=O) groups is 1. The number of hydrogen-bond acceptors (Lipinski definition) is 5. The van der Waals surface area contributed by atoms with Gasteiger partial charge >= 0.3 is 6.03 Å². The van der Waals surface area contributed by atoms with E-state index in [1.807, 2.05) is 36.4 Å². The third kappa shape index (κ3) is 4.90. The molecule has 2 amide bonds. The summed E-state index contributed by atoms with van der Waals surface area (Å²) >= 11 is 1.68. The van der Waals surface area contributed by atoms with Gasteiger partial charge in [-0.3, -0.25) is 0 Å². The van der Waals surface area contributed by atoms with Crippen molar-refractivity contribution in [3.8, 4) is 10.6 Å². The Labute approximate surface area is 204 Å². The summed E-state index contributed by atoms with van der Waals surface area (Å²) in [5.74, 6) is 0. The summed E-state index contributed by atoms with van der Waals surface area (Å²) in [6.45, 7) is 4.18. The molecule has 5 rings (SSSR count). The fourth-order valence-electron chi connectivity index (χ4n) is 4.30. The highest BCUT2D eigenvalue weighted by Gasteiger charge is 2.23. The summed E-state index contributed by atoms with van der Waals surface area (Å²) in [6.07, 6.45) is 1.17. The average molecular weight is 472 g/mol. The summed E-state index contributed by atoms with van der Waals surface area (Å²) in [4.78, 5) is 21.9. The van der Waals surface area contributed by atoms with E-state index in [2.05, 4.69) is 71.8 Å². The summed E-state index contributed by atoms with van der Waals surface area (Å²) < 4.78 is 1.19. The molecule has 1 aliphatic heterocycles. The number of hydrogen-bond donors (Lipinski definition) is 2. The molecule has 1 aliphatic rings. The van der Waals surface area contributed by atoms with Crippen molar-refractivity contribution in [2.45, 2.75) is 19.4 Å². The van der Waals surface area contributed by atoms with Gasteiger partial charge in [0.2, 0.25) is 0 Å². The SMILES string of the molecule is Cc1ccc2nc(-c3ccc(NC(=O)Nc4ccc(N5CCC(N(C)C)C5)cc4)cc3)sc2c1. The third-order valence-electron chi connectivity index (χ3n) is 6.32. The summed E-state index contributed by atoms with van der Waals surface area (Å²) in [6, 6.07) is 22.5. The van der Waals surface area contributed by atoms with Crippen LogP contribution >= 0.6 is 11.3 Å². The minimum Gasteiger partial charge on any atom is -0.370 e. The van der Waals surface area contributed by atoms with Gasteiger partial charge in [-0.1, -0.05) is 6.07 Å². The van der Waals surface area contributed by atoms with Gasteiger partial charge in [0.25, 0.3) is 0 Å². The van der Waals surface area contributed by atoms with Crippen LogP contribution in [0.5, 0.6) is 0 Å². The zero-order valence-electron chi connectivity index (χ0n) is 19.7. The molecule has 0 aliphatic carbocycles. The number of aryl methyl sites for hydroxylation is 1. The molecule has 3 aromatic carbocycles. The Bertz CT molecular complexity index is 1300. The number of nitrogens with one attached hydrogen (secondary N) is 2. The Kier molecular flexibility index (Phi) is 6.22. The van der Waals surface area contributed by atoms with E-state index in [0.717, 1.165) is 40.6 Å². The van der Waals surface area contributed by atoms with E-state index in [9.17, 15) is 4.79 Å². The molecule has 1 aromatic heterocycles. The molecule has 34 heavy (non-hydrogen) atoms. The number of thiazole rings is 1. The maximum Gasteiger partial charge on any atom is 0.323 e. The Hall–Kier alpha value is -3.42. The lowest BCUT2D eigenvalue weighted by Crippen LogP contribution is -2.31. The van der Waals surface area contributed by atoms with Gasteiger partial charge in [-0.05, 0) is 93.7 Å². The minimum absolute atomic E-state index is 0.259. The Morgan fingerprint density at radius 2 is 1.68 bits per heavy atom. The van der Waals surface area contributed by atoms with Crippen molar-refractivity contribution in [3.63, 3.8) is 0 Å². The van der Waals surface area contributed by atoms with E-state index in [0.29, 0.717) is 6.04 Å². The van der Waals surface area contributed by atoms with Crippen LogP contribution in [0.15, 0.2) is 66.7 Å². The number of likely N-dealkylation sites (N-methyl/N-ethyl adjacent to an activating group) is 1. The smallest absolute Gasteiger partial charge is 0.323 e. The number of benzene rings is 3. The van der Waals surface area contributed by atoms with E-state index in [1.54, 1.807) is 11.3 Å². The third-order valence-corrected chi connectivity index (χ3v) is 7.38. The van der Waals surface area contributed by atoms with E-state index < -0.39 is 0 Å². The van der Waals surface area contributed by atoms with Gasteiger partial charge < -0.3 is 20.4 Å². The predicted octanol–water partition coefficient (Wildman–Crippen LogP) is 6.06. The number of nitrogens with zero attached hydrogens (tertiary/aromatic N) is 3. The number of fused-ring (bicyclic) bond motifs is 1. The second kappa shape index (κ2) is 9.44. The Balaban J connectivity index is 1.18. The summed E-state index contributed by atoms with van der Waals surface area (Å²) in [5, 5.41) is 6.80. The summed E-state index contributed by atoms with van der Waals surface area (Å²) in [5.41, 5.74) is 5.99. The van der Waals surface area contributed by atoms with Crippen molar-refractivity contribution in [1.82, 2.24) is 9.88 Å². The topological polar surface area (TPSA) is 60.5 Å². The van der Waals surface area contributed by atoms with Crippen molar-refractivity contribution < 1.29 is 4.79 Å². The van der Waals surface area contributed by atoms with Gasteiger partial charge in [0.1, 0.15) is 5.01 Å². The summed E-state index contributed by atoms with van der Waals surface area (Å²) in [7, 11) is 4.27. The van der Waals surface area contributed by atoms with Crippen molar-refractivity contribution in [3.05, 3.63) is 72.3 Å². The predicted molar refractivity (Wildman–Crippen MR) is 143 cm³/mol. The minimum atomic E-state index is -0.259. The quantitative estimate of drug-likeness (QED) is 0.372. The maximum absolute atomic E-state index is 12.5. The Morgan fingerprint density at radius 1 is 1.00 bits per heavy atom. The van der Waals surface area contributed by atoms with Gasteiger partial charge in [0, 0.05) is 41.8 Å².